The number of aliphatic hydroxyl groups is 1. The first-order valence-electron chi connectivity index (χ1n) is 17.1. The molecule has 3 amide bonds. The number of nitrogens with two attached hydrogens (primary N) is 1. The van der Waals surface area contributed by atoms with Gasteiger partial charge >= 0.3 is 0 Å². The van der Waals surface area contributed by atoms with E-state index >= 15 is 0 Å². The molecule has 0 aliphatic heterocycles. The lowest BCUT2D eigenvalue weighted by molar-refractivity contribution is -0.133. The van der Waals surface area contributed by atoms with Crippen LogP contribution in [0.4, 0.5) is 0 Å². The van der Waals surface area contributed by atoms with Crippen LogP contribution in [-0.4, -0.2) is 64.2 Å². The number of hydrogen-bond acceptors (Lipinski definition) is 6. The standard InChI is InChI=1S/C35H56N6O4/c1-26(2)33-37-21-23-41(33)22-9-7-12-28-14-16-29(17-15-28)24-32(43)39-31(25-42)35(45)40-30(13-6-8-19-36)34(44)38-20-18-27-10-4-3-5-11-27/h14-17,21,23,26-27,30-31,42H,3-13,18-20,22,24-25,36H2,1-2H3,(H,38,44)(H,39,43)(H,40,45)/t30-,31-/m0/s1. The zero-order valence-corrected chi connectivity index (χ0v) is 27.4. The Bertz CT molecular complexity index is 1160. The number of rotatable bonds is 20. The van der Waals surface area contributed by atoms with Crippen molar-refractivity contribution in [2.24, 2.45) is 11.7 Å². The van der Waals surface area contributed by atoms with Crippen LogP contribution in [0.1, 0.15) is 107 Å². The molecule has 45 heavy (non-hydrogen) atoms. The summed E-state index contributed by atoms with van der Waals surface area (Å²) in [5, 5.41) is 18.3. The highest BCUT2D eigenvalue weighted by atomic mass is 16.3. The molecule has 2 atom stereocenters. The summed E-state index contributed by atoms with van der Waals surface area (Å²) >= 11 is 0. The second-order valence-corrected chi connectivity index (χ2v) is 12.8. The van der Waals surface area contributed by atoms with Crippen LogP contribution in [0.25, 0.3) is 0 Å². The van der Waals surface area contributed by atoms with Crippen LogP contribution in [0.15, 0.2) is 36.7 Å². The Balaban J connectivity index is 1.43. The van der Waals surface area contributed by atoms with Crippen molar-refractivity contribution >= 4 is 17.7 Å². The number of aliphatic hydroxyl groups excluding tert-OH is 1. The van der Waals surface area contributed by atoms with Gasteiger partial charge in [0, 0.05) is 31.4 Å². The number of hydrogen-bond donors (Lipinski definition) is 5. The summed E-state index contributed by atoms with van der Waals surface area (Å²) in [7, 11) is 0. The van der Waals surface area contributed by atoms with Crippen LogP contribution in [0.5, 0.6) is 0 Å². The fourth-order valence-electron chi connectivity index (χ4n) is 6.10. The van der Waals surface area contributed by atoms with Gasteiger partial charge < -0.3 is 31.4 Å². The molecule has 0 bridgehead atoms. The van der Waals surface area contributed by atoms with E-state index in [1.54, 1.807) is 0 Å². The summed E-state index contributed by atoms with van der Waals surface area (Å²) in [6, 6.07) is 6.05. The van der Waals surface area contributed by atoms with Crippen LogP contribution < -0.4 is 21.7 Å². The molecule has 0 radical (unpaired) electrons. The normalized spacial score (nSPS) is 15.0. The van der Waals surface area contributed by atoms with Crippen molar-refractivity contribution in [3.05, 3.63) is 53.6 Å². The Labute approximate surface area is 269 Å². The minimum Gasteiger partial charge on any atom is -0.394 e. The van der Waals surface area contributed by atoms with Gasteiger partial charge in [0.05, 0.1) is 13.0 Å². The minimum absolute atomic E-state index is 0.0875. The van der Waals surface area contributed by atoms with Crippen molar-refractivity contribution in [3.63, 3.8) is 0 Å². The van der Waals surface area contributed by atoms with Gasteiger partial charge in [-0.3, -0.25) is 14.4 Å². The maximum atomic E-state index is 13.0. The van der Waals surface area contributed by atoms with E-state index < -0.39 is 24.6 Å². The third-order valence-electron chi connectivity index (χ3n) is 8.76. The van der Waals surface area contributed by atoms with Gasteiger partial charge in [-0.2, -0.15) is 0 Å². The summed E-state index contributed by atoms with van der Waals surface area (Å²) in [5.74, 6) is 0.994. The van der Waals surface area contributed by atoms with Gasteiger partial charge in [0.25, 0.3) is 0 Å². The molecule has 250 valence electrons. The van der Waals surface area contributed by atoms with Crippen LogP contribution in [0, 0.1) is 5.92 Å². The molecular formula is C35H56N6O4. The van der Waals surface area contributed by atoms with Crippen molar-refractivity contribution in [1.82, 2.24) is 25.5 Å². The SMILES string of the molecule is CC(C)c1nccn1CCCCc1ccc(CC(=O)N[C@@H](CO)C(=O)N[C@@H](CCCCN)C(=O)NCCC2CCCCC2)cc1. The fraction of sp³-hybridized carbons (Fsp3) is 0.657. The number of imidazole rings is 1. The molecule has 10 nitrogen and oxygen atoms in total. The van der Waals surface area contributed by atoms with Gasteiger partial charge in [-0.1, -0.05) is 70.2 Å². The molecule has 0 unspecified atom stereocenters. The Morgan fingerprint density at radius 2 is 1.69 bits per heavy atom. The van der Waals surface area contributed by atoms with Crippen molar-refractivity contribution < 1.29 is 19.5 Å². The largest absolute Gasteiger partial charge is 0.394 e. The van der Waals surface area contributed by atoms with E-state index in [1.165, 1.54) is 37.7 Å². The third-order valence-corrected chi connectivity index (χ3v) is 8.76. The third kappa shape index (κ3) is 13.0. The molecule has 1 aromatic carbocycles. The van der Waals surface area contributed by atoms with Crippen LogP contribution >= 0.6 is 0 Å². The van der Waals surface area contributed by atoms with E-state index in [2.05, 4.69) is 39.3 Å². The maximum Gasteiger partial charge on any atom is 0.245 e. The summed E-state index contributed by atoms with van der Waals surface area (Å²) < 4.78 is 2.22. The number of aromatic nitrogens is 2. The highest BCUT2D eigenvalue weighted by molar-refractivity contribution is 5.92. The summed E-state index contributed by atoms with van der Waals surface area (Å²) in [6.07, 6.45) is 16.1. The molecule has 1 fully saturated rings. The van der Waals surface area contributed by atoms with E-state index in [1.807, 2.05) is 36.7 Å². The predicted molar refractivity (Wildman–Crippen MR) is 177 cm³/mol. The lowest BCUT2D eigenvalue weighted by Crippen LogP contribution is -2.55. The van der Waals surface area contributed by atoms with Gasteiger partial charge in [0.1, 0.15) is 17.9 Å². The average molecular weight is 625 g/mol. The molecule has 1 saturated carbocycles. The zero-order valence-electron chi connectivity index (χ0n) is 27.4. The molecule has 6 N–H and O–H groups in total. The number of unbranched alkanes of at least 4 members (excludes halogenated alkanes) is 2. The van der Waals surface area contributed by atoms with Crippen molar-refractivity contribution in [3.8, 4) is 0 Å². The number of benzene rings is 1. The smallest absolute Gasteiger partial charge is 0.245 e. The van der Waals surface area contributed by atoms with Gasteiger partial charge in [0.2, 0.25) is 17.7 Å². The topological polar surface area (TPSA) is 151 Å². The van der Waals surface area contributed by atoms with Crippen molar-refractivity contribution in [2.45, 2.75) is 122 Å². The average Bonchev–Trinajstić information content (AvgIpc) is 3.52. The van der Waals surface area contributed by atoms with Crippen LogP contribution in [0.3, 0.4) is 0 Å². The molecule has 10 heteroatoms. The van der Waals surface area contributed by atoms with Crippen molar-refractivity contribution in [1.29, 1.82) is 0 Å². The van der Waals surface area contributed by atoms with E-state index in [0.29, 0.717) is 37.8 Å². The van der Waals surface area contributed by atoms with Gasteiger partial charge in [0.15, 0.2) is 0 Å². The summed E-state index contributed by atoms with van der Waals surface area (Å²) in [6.45, 7) is 5.78. The number of amides is 3. The van der Waals surface area contributed by atoms with Crippen molar-refractivity contribution in [2.75, 3.05) is 19.7 Å². The molecule has 1 heterocycles. The highest BCUT2D eigenvalue weighted by Gasteiger charge is 2.26. The number of carbonyl (C=O) groups is 3. The van der Waals surface area contributed by atoms with Crippen LogP contribution in [-0.2, 0) is 33.8 Å². The molecule has 1 aliphatic carbocycles. The first kappa shape index (κ1) is 36.2. The van der Waals surface area contributed by atoms with E-state index in [9.17, 15) is 19.5 Å². The molecule has 3 rings (SSSR count). The maximum absolute atomic E-state index is 13.0. The predicted octanol–water partition coefficient (Wildman–Crippen LogP) is 3.75. The Kier molecular flexibility index (Phi) is 16.1. The van der Waals surface area contributed by atoms with Gasteiger partial charge in [-0.25, -0.2) is 4.98 Å². The molecule has 0 saturated heterocycles. The first-order valence-corrected chi connectivity index (χ1v) is 17.1. The number of aryl methyl sites for hydroxylation is 2. The quantitative estimate of drug-likeness (QED) is 0.142. The lowest BCUT2D eigenvalue weighted by Gasteiger charge is -2.24. The summed E-state index contributed by atoms with van der Waals surface area (Å²) in [4.78, 5) is 43.3. The molecular weight excluding hydrogens is 568 g/mol. The highest BCUT2D eigenvalue weighted by Crippen LogP contribution is 2.25. The molecule has 1 aromatic heterocycles. The lowest BCUT2D eigenvalue weighted by atomic mass is 9.87. The van der Waals surface area contributed by atoms with Gasteiger partial charge in [-0.05, 0) is 68.5 Å². The monoisotopic (exact) mass is 624 g/mol. The molecule has 0 spiro atoms. The number of nitrogens with zero attached hydrogens (tertiary/aromatic N) is 2. The number of carbonyl (C=O) groups excluding carboxylic acids is 3. The molecule has 2 aromatic rings. The zero-order chi connectivity index (χ0) is 32.4. The number of nitrogens with one attached hydrogen (secondary N) is 3. The van der Waals surface area contributed by atoms with E-state index in [0.717, 1.165) is 50.0 Å². The van der Waals surface area contributed by atoms with E-state index in [4.69, 9.17) is 5.73 Å². The first-order chi connectivity index (χ1) is 21.8. The second kappa shape index (κ2) is 20.0. The Morgan fingerprint density at radius 3 is 2.38 bits per heavy atom. The fourth-order valence-corrected chi connectivity index (χ4v) is 6.10. The minimum atomic E-state index is -1.14. The second-order valence-electron chi connectivity index (χ2n) is 12.8. The van der Waals surface area contributed by atoms with Gasteiger partial charge in [-0.15, -0.1) is 0 Å². The summed E-state index contributed by atoms with van der Waals surface area (Å²) in [5.41, 5.74) is 7.67. The molecule has 1 aliphatic rings. The Morgan fingerprint density at radius 1 is 0.956 bits per heavy atom. The van der Waals surface area contributed by atoms with E-state index in [-0.39, 0.29) is 18.2 Å². The van der Waals surface area contributed by atoms with Crippen LogP contribution in [0.2, 0.25) is 0 Å². The Hall–Kier alpha value is -3.24.